The number of aliphatic hydroxyl groups is 1. The molecule has 2 aromatic heterocycles. The second-order valence-corrected chi connectivity index (χ2v) is 10.7. The molecule has 0 atom stereocenters. The van der Waals surface area contributed by atoms with Gasteiger partial charge in [0.2, 0.25) is 0 Å². The van der Waals surface area contributed by atoms with Gasteiger partial charge in [-0.15, -0.1) is 0 Å². The Morgan fingerprint density at radius 3 is 2.18 bits per heavy atom. The molecule has 1 aliphatic rings. The first kappa shape index (κ1) is 26.1. The molecule has 1 N–H and O–H groups in total. The van der Waals surface area contributed by atoms with Gasteiger partial charge in [0.1, 0.15) is 0 Å². The van der Waals surface area contributed by atoms with Gasteiger partial charge in [0.15, 0.2) is 11.5 Å². The zero-order valence-corrected chi connectivity index (χ0v) is 23.1. The molecule has 2 aromatic carbocycles. The van der Waals surface area contributed by atoms with Crippen LogP contribution in [0.3, 0.4) is 0 Å². The highest BCUT2D eigenvalue weighted by atomic mass is 16.5. The number of aromatic nitrogens is 2. The fourth-order valence-corrected chi connectivity index (χ4v) is 5.16. The van der Waals surface area contributed by atoms with E-state index in [4.69, 9.17) is 14.5 Å². The molecule has 0 amide bonds. The van der Waals surface area contributed by atoms with E-state index in [2.05, 4.69) is 57.8 Å². The highest BCUT2D eigenvalue weighted by Crippen LogP contribution is 2.35. The second kappa shape index (κ2) is 10.7. The number of piperazine rings is 1. The Balaban J connectivity index is 1.31. The molecule has 200 valence electrons. The van der Waals surface area contributed by atoms with E-state index in [0.717, 1.165) is 72.6 Å². The molecule has 0 spiro atoms. The van der Waals surface area contributed by atoms with Crippen molar-refractivity contribution in [3.8, 4) is 33.9 Å². The summed E-state index contributed by atoms with van der Waals surface area (Å²) in [6.45, 7) is 8.75. The topological polar surface area (TPSA) is 63.0 Å². The third-order valence-electron chi connectivity index (χ3n) is 7.55. The molecule has 38 heavy (non-hydrogen) atoms. The number of ether oxygens (including phenoxy) is 2. The summed E-state index contributed by atoms with van der Waals surface area (Å²) in [6.07, 6.45) is 2.76. The number of methoxy groups -OCH3 is 2. The van der Waals surface area contributed by atoms with E-state index < -0.39 is 5.60 Å². The van der Waals surface area contributed by atoms with Gasteiger partial charge in [0.25, 0.3) is 0 Å². The van der Waals surface area contributed by atoms with E-state index in [9.17, 15) is 5.11 Å². The van der Waals surface area contributed by atoms with Crippen molar-refractivity contribution in [2.45, 2.75) is 25.9 Å². The molecule has 7 heteroatoms. The lowest BCUT2D eigenvalue weighted by Crippen LogP contribution is -2.47. The van der Waals surface area contributed by atoms with Crippen LogP contribution in [0.2, 0.25) is 0 Å². The van der Waals surface area contributed by atoms with Crippen molar-refractivity contribution in [2.75, 3.05) is 51.8 Å². The van der Waals surface area contributed by atoms with Crippen LogP contribution in [0, 0.1) is 0 Å². The van der Waals surface area contributed by atoms with E-state index in [1.54, 1.807) is 14.2 Å². The Hall–Kier alpha value is -3.55. The standard InChI is InChI=1S/C31H38N4O3/c1-31(2,36)12-13-34-14-16-35(17-15-34)25-9-6-22(7-10-25)24-18-28-26(32-21-24)20-27(33(28)3)23-8-11-29(37-4)30(19-23)38-5/h6-11,18-21,36H,12-17H2,1-5H3. The average molecular weight is 515 g/mol. The van der Waals surface area contributed by atoms with Gasteiger partial charge in [0.05, 0.1) is 36.5 Å². The van der Waals surface area contributed by atoms with Crippen molar-refractivity contribution in [2.24, 2.45) is 7.05 Å². The number of hydrogen-bond acceptors (Lipinski definition) is 6. The Kier molecular flexibility index (Phi) is 7.32. The number of nitrogens with zero attached hydrogens (tertiary/aromatic N) is 4. The van der Waals surface area contributed by atoms with Gasteiger partial charge in [-0.2, -0.15) is 0 Å². The molecule has 1 aliphatic heterocycles. The zero-order chi connectivity index (χ0) is 26.9. The minimum atomic E-state index is -0.602. The van der Waals surface area contributed by atoms with Crippen LogP contribution < -0.4 is 14.4 Å². The van der Waals surface area contributed by atoms with Crippen molar-refractivity contribution < 1.29 is 14.6 Å². The molecule has 0 radical (unpaired) electrons. The Labute approximate surface area is 225 Å². The van der Waals surface area contributed by atoms with Crippen LogP contribution >= 0.6 is 0 Å². The summed E-state index contributed by atoms with van der Waals surface area (Å²) >= 11 is 0. The lowest BCUT2D eigenvalue weighted by atomic mass is 10.0. The van der Waals surface area contributed by atoms with E-state index in [0.29, 0.717) is 11.5 Å². The molecule has 0 bridgehead atoms. The smallest absolute Gasteiger partial charge is 0.161 e. The molecular formula is C31H38N4O3. The van der Waals surface area contributed by atoms with E-state index >= 15 is 0 Å². The maximum Gasteiger partial charge on any atom is 0.161 e. The Bertz CT molecular complexity index is 1400. The molecular weight excluding hydrogens is 476 g/mol. The molecule has 1 saturated heterocycles. The molecule has 0 aliphatic carbocycles. The van der Waals surface area contributed by atoms with E-state index in [1.165, 1.54) is 5.69 Å². The van der Waals surface area contributed by atoms with Gasteiger partial charge in [0, 0.05) is 62.8 Å². The monoisotopic (exact) mass is 514 g/mol. The van der Waals surface area contributed by atoms with Gasteiger partial charge in [-0.1, -0.05) is 12.1 Å². The molecule has 5 rings (SSSR count). The molecule has 0 saturated carbocycles. The number of fused-ring (bicyclic) bond motifs is 1. The zero-order valence-electron chi connectivity index (χ0n) is 23.1. The second-order valence-electron chi connectivity index (χ2n) is 10.7. The number of rotatable bonds is 8. The van der Waals surface area contributed by atoms with Crippen LogP contribution in [0.5, 0.6) is 11.5 Å². The Morgan fingerprint density at radius 2 is 1.53 bits per heavy atom. The third kappa shape index (κ3) is 5.49. The lowest BCUT2D eigenvalue weighted by Gasteiger charge is -2.37. The summed E-state index contributed by atoms with van der Waals surface area (Å²) in [6, 6.07) is 19.1. The predicted molar refractivity (Wildman–Crippen MR) is 154 cm³/mol. The maximum atomic E-state index is 10.0. The van der Waals surface area contributed by atoms with Crippen molar-refractivity contribution in [3.63, 3.8) is 0 Å². The highest BCUT2D eigenvalue weighted by molar-refractivity contribution is 5.87. The normalized spacial score (nSPS) is 14.7. The first-order chi connectivity index (χ1) is 18.3. The molecule has 7 nitrogen and oxygen atoms in total. The molecule has 0 unspecified atom stereocenters. The van der Waals surface area contributed by atoms with Crippen LogP contribution in [0.1, 0.15) is 20.3 Å². The fraction of sp³-hybridized carbons (Fsp3) is 0.387. The minimum Gasteiger partial charge on any atom is -0.493 e. The summed E-state index contributed by atoms with van der Waals surface area (Å²) in [4.78, 5) is 9.67. The van der Waals surface area contributed by atoms with Crippen molar-refractivity contribution in [1.29, 1.82) is 0 Å². The molecule has 4 aromatic rings. The minimum absolute atomic E-state index is 0.602. The SMILES string of the molecule is COc1ccc(-c2cc3ncc(-c4ccc(N5CCN(CCC(C)(C)O)CC5)cc4)cc3n2C)cc1OC. The summed E-state index contributed by atoms with van der Waals surface area (Å²) in [5.41, 5.74) is 7.06. The first-order valence-electron chi connectivity index (χ1n) is 13.2. The van der Waals surface area contributed by atoms with Gasteiger partial charge < -0.3 is 24.0 Å². The summed E-state index contributed by atoms with van der Waals surface area (Å²) < 4.78 is 13.1. The largest absolute Gasteiger partial charge is 0.493 e. The summed E-state index contributed by atoms with van der Waals surface area (Å²) in [5, 5.41) is 10.0. The van der Waals surface area contributed by atoms with E-state index in [-0.39, 0.29) is 0 Å². The average Bonchev–Trinajstić information content (AvgIpc) is 3.27. The van der Waals surface area contributed by atoms with Crippen LogP contribution in [0.4, 0.5) is 5.69 Å². The number of pyridine rings is 1. The van der Waals surface area contributed by atoms with Gasteiger partial charge >= 0.3 is 0 Å². The third-order valence-corrected chi connectivity index (χ3v) is 7.55. The van der Waals surface area contributed by atoms with Crippen molar-refractivity contribution >= 4 is 16.7 Å². The quantitative estimate of drug-likeness (QED) is 0.348. The van der Waals surface area contributed by atoms with E-state index in [1.807, 2.05) is 38.2 Å². The first-order valence-corrected chi connectivity index (χ1v) is 13.2. The fourth-order valence-electron chi connectivity index (χ4n) is 5.16. The molecule has 3 heterocycles. The lowest BCUT2D eigenvalue weighted by molar-refractivity contribution is 0.0569. The maximum absolute atomic E-state index is 10.0. The number of hydrogen-bond donors (Lipinski definition) is 1. The van der Waals surface area contributed by atoms with Crippen LogP contribution in [-0.4, -0.2) is 72.1 Å². The highest BCUT2D eigenvalue weighted by Gasteiger charge is 2.20. The van der Waals surface area contributed by atoms with Gasteiger partial charge in [-0.3, -0.25) is 9.88 Å². The van der Waals surface area contributed by atoms with Crippen molar-refractivity contribution in [1.82, 2.24) is 14.5 Å². The van der Waals surface area contributed by atoms with Crippen LogP contribution in [0.25, 0.3) is 33.4 Å². The Morgan fingerprint density at radius 1 is 0.842 bits per heavy atom. The summed E-state index contributed by atoms with van der Waals surface area (Å²) in [7, 11) is 5.37. The number of aryl methyl sites for hydroxylation is 1. The van der Waals surface area contributed by atoms with Crippen LogP contribution in [0.15, 0.2) is 60.8 Å². The van der Waals surface area contributed by atoms with Crippen molar-refractivity contribution in [3.05, 3.63) is 60.8 Å². The predicted octanol–water partition coefficient (Wildman–Crippen LogP) is 5.21. The molecule has 1 fully saturated rings. The summed E-state index contributed by atoms with van der Waals surface area (Å²) in [5.74, 6) is 1.42. The number of benzene rings is 2. The number of anilines is 1. The van der Waals surface area contributed by atoms with Crippen LogP contribution in [-0.2, 0) is 7.05 Å². The van der Waals surface area contributed by atoms with Gasteiger partial charge in [-0.25, -0.2) is 0 Å². The van der Waals surface area contributed by atoms with Gasteiger partial charge in [-0.05, 0) is 68.3 Å².